The molecule has 0 bridgehead atoms. The Kier molecular flexibility index (Phi) is 8.02. The molecule has 1 amide bonds. The second-order valence-corrected chi connectivity index (χ2v) is 8.33. The third-order valence-corrected chi connectivity index (χ3v) is 5.76. The molecule has 3 rings (SSSR count). The Morgan fingerprint density at radius 2 is 2.00 bits per heavy atom. The molecule has 9 heteroatoms. The Morgan fingerprint density at radius 1 is 1.16 bits per heavy atom. The first-order chi connectivity index (χ1) is 15.0. The van der Waals surface area contributed by atoms with E-state index in [0.29, 0.717) is 29.7 Å². The van der Waals surface area contributed by atoms with Crippen LogP contribution in [0, 0.1) is 13.8 Å². The highest BCUT2D eigenvalue weighted by molar-refractivity contribution is 7.98. The van der Waals surface area contributed by atoms with Gasteiger partial charge in [-0.25, -0.2) is 14.8 Å². The number of rotatable bonds is 9. The smallest absolute Gasteiger partial charge is 0.343 e. The molecule has 31 heavy (non-hydrogen) atoms. The van der Waals surface area contributed by atoms with E-state index in [2.05, 4.69) is 15.3 Å². The van der Waals surface area contributed by atoms with Crippen molar-refractivity contribution in [3.8, 4) is 16.5 Å². The molecule has 0 fully saturated rings. The zero-order chi connectivity index (χ0) is 22.2. The van der Waals surface area contributed by atoms with Gasteiger partial charge >= 0.3 is 5.97 Å². The molecule has 0 aliphatic heterocycles. The first-order valence-corrected chi connectivity index (χ1v) is 11.7. The number of ether oxygens (including phenoxy) is 2. The number of esters is 1. The average Bonchev–Trinajstić information content (AvgIpc) is 3.29. The molecule has 0 spiro atoms. The van der Waals surface area contributed by atoms with Crippen molar-refractivity contribution < 1.29 is 19.1 Å². The normalized spacial score (nSPS) is 10.5. The van der Waals surface area contributed by atoms with Gasteiger partial charge in [0.25, 0.3) is 5.91 Å². The minimum atomic E-state index is -0.620. The number of amides is 1. The van der Waals surface area contributed by atoms with Gasteiger partial charge in [-0.2, -0.15) is 0 Å². The minimum Gasteiger partial charge on any atom is -0.492 e. The lowest BCUT2D eigenvalue weighted by molar-refractivity contribution is -0.124. The number of benzene rings is 1. The number of thiophene rings is 1. The number of thioether (sulfide) groups is 1. The highest BCUT2D eigenvalue weighted by atomic mass is 32.2. The first kappa shape index (κ1) is 22.8. The summed E-state index contributed by atoms with van der Waals surface area (Å²) >= 11 is 2.86. The van der Waals surface area contributed by atoms with E-state index >= 15 is 0 Å². The lowest BCUT2D eigenvalue weighted by Crippen LogP contribution is -2.32. The highest BCUT2D eigenvalue weighted by Crippen LogP contribution is 2.27. The maximum absolute atomic E-state index is 12.6. The first-order valence-electron chi connectivity index (χ1n) is 9.57. The number of carbonyl (C=O) groups is 2. The Morgan fingerprint density at radius 3 is 2.71 bits per heavy atom. The summed E-state index contributed by atoms with van der Waals surface area (Å²) in [7, 11) is 0. The maximum atomic E-state index is 12.6. The fourth-order valence-electron chi connectivity index (χ4n) is 2.76. The van der Waals surface area contributed by atoms with Crippen molar-refractivity contribution in [1.29, 1.82) is 0 Å². The van der Waals surface area contributed by atoms with Gasteiger partial charge in [0.2, 0.25) is 0 Å². The Hall–Kier alpha value is -2.91. The van der Waals surface area contributed by atoms with Crippen molar-refractivity contribution in [3.63, 3.8) is 0 Å². The van der Waals surface area contributed by atoms with Gasteiger partial charge in [0.05, 0.1) is 17.1 Å². The van der Waals surface area contributed by atoms with Gasteiger partial charge < -0.3 is 14.8 Å². The van der Waals surface area contributed by atoms with Crippen molar-refractivity contribution in [2.75, 3.05) is 26.0 Å². The fraction of sp³-hybridized carbons (Fsp3) is 0.273. The number of hydrogen-bond acceptors (Lipinski definition) is 8. The molecule has 2 aromatic heterocycles. The molecular formula is C22H23N3O4S2. The summed E-state index contributed by atoms with van der Waals surface area (Å²) < 4.78 is 10.8. The largest absolute Gasteiger partial charge is 0.492 e. The summed E-state index contributed by atoms with van der Waals surface area (Å²) in [5, 5.41) is 5.13. The predicted octanol–water partition coefficient (Wildman–Crippen LogP) is 3.90. The summed E-state index contributed by atoms with van der Waals surface area (Å²) in [6.07, 6.45) is 1.83. The van der Waals surface area contributed by atoms with Gasteiger partial charge in [-0.15, -0.1) is 23.1 Å². The standard InChI is InChI=1S/C22H23N3O4S2/c1-14-6-4-7-16(12-14)28-10-9-23-18(26)13-29-22(27)19-15(2)24-20(25-21(19)30-3)17-8-5-11-31-17/h4-8,11-12H,9-10,13H2,1-3H3,(H,23,26). The van der Waals surface area contributed by atoms with Crippen LogP contribution < -0.4 is 10.1 Å². The van der Waals surface area contributed by atoms with Gasteiger partial charge in [0.1, 0.15) is 22.9 Å². The van der Waals surface area contributed by atoms with E-state index < -0.39 is 11.9 Å². The quantitative estimate of drug-likeness (QED) is 0.226. The van der Waals surface area contributed by atoms with Gasteiger partial charge in [-0.05, 0) is 49.2 Å². The van der Waals surface area contributed by atoms with Gasteiger partial charge in [0, 0.05) is 0 Å². The fourth-order valence-corrected chi connectivity index (χ4v) is 4.03. The van der Waals surface area contributed by atoms with E-state index in [1.165, 1.54) is 23.1 Å². The summed E-state index contributed by atoms with van der Waals surface area (Å²) in [5.74, 6) is 0.290. The second kappa shape index (κ2) is 10.9. The summed E-state index contributed by atoms with van der Waals surface area (Å²) in [5.41, 5.74) is 1.89. The molecule has 0 radical (unpaired) electrons. The van der Waals surface area contributed by atoms with Crippen LogP contribution in [-0.2, 0) is 9.53 Å². The van der Waals surface area contributed by atoms with Crippen molar-refractivity contribution in [2.45, 2.75) is 18.9 Å². The lowest BCUT2D eigenvalue weighted by atomic mass is 10.2. The van der Waals surface area contributed by atoms with Gasteiger partial charge in [-0.1, -0.05) is 18.2 Å². The second-order valence-electron chi connectivity index (χ2n) is 6.59. The highest BCUT2D eigenvalue weighted by Gasteiger charge is 2.21. The van der Waals surface area contributed by atoms with Crippen LogP contribution in [0.4, 0.5) is 0 Å². The molecule has 0 unspecified atom stereocenters. The molecule has 0 aliphatic carbocycles. The average molecular weight is 458 g/mol. The monoisotopic (exact) mass is 457 g/mol. The maximum Gasteiger partial charge on any atom is 0.343 e. The van der Waals surface area contributed by atoms with Gasteiger partial charge in [0.15, 0.2) is 12.4 Å². The number of aromatic nitrogens is 2. The minimum absolute atomic E-state index is 0.281. The summed E-state index contributed by atoms with van der Waals surface area (Å²) in [4.78, 5) is 34.4. The number of nitrogens with zero attached hydrogens (tertiary/aromatic N) is 2. The summed E-state index contributed by atoms with van der Waals surface area (Å²) in [6, 6.07) is 11.5. The third-order valence-electron chi connectivity index (χ3n) is 4.21. The van der Waals surface area contributed by atoms with E-state index in [0.717, 1.165) is 16.2 Å². The van der Waals surface area contributed by atoms with Crippen molar-refractivity contribution in [3.05, 3.63) is 58.6 Å². The van der Waals surface area contributed by atoms with Crippen LogP contribution in [0.1, 0.15) is 21.6 Å². The van der Waals surface area contributed by atoms with Crippen LogP contribution in [0.15, 0.2) is 46.8 Å². The molecular weight excluding hydrogens is 434 g/mol. The number of nitrogens with one attached hydrogen (secondary N) is 1. The van der Waals surface area contributed by atoms with Crippen LogP contribution in [0.25, 0.3) is 10.7 Å². The molecule has 1 N–H and O–H groups in total. The zero-order valence-electron chi connectivity index (χ0n) is 17.5. The Balaban J connectivity index is 1.51. The molecule has 2 heterocycles. The molecule has 0 atom stereocenters. The Bertz CT molecular complexity index is 1050. The lowest BCUT2D eigenvalue weighted by Gasteiger charge is -2.12. The van der Waals surface area contributed by atoms with Crippen molar-refractivity contribution >= 4 is 35.0 Å². The van der Waals surface area contributed by atoms with Crippen molar-refractivity contribution in [1.82, 2.24) is 15.3 Å². The molecule has 1 aromatic carbocycles. The number of carbonyl (C=O) groups excluding carboxylic acids is 2. The Labute approximate surface area is 189 Å². The number of hydrogen-bond donors (Lipinski definition) is 1. The molecule has 162 valence electrons. The van der Waals surface area contributed by atoms with E-state index in [4.69, 9.17) is 9.47 Å². The third kappa shape index (κ3) is 6.28. The molecule has 3 aromatic rings. The van der Waals surface area contributed by atoms with E-state index in [9.17, 15) is 9.59 Å². The van der Waals surface area contributed by atoms with Crippen LogP contribution >= 0.6 is 23.1 Å². The zero-order valence-corrected chi connectivity index (χ0v) is 19.1. The predicted molar refractivity (Wildman–Crippen MR) is 122 cm³/mol. The molecule has 0 saturated carbocycles. The SMILES string of the molecule is CSc1nc(-c2cccs2)nc(C)c1C(=O)OCC(=O)NCCOc1cccc(C)c1. The molecule has 0 saturated heterocycles. The molecule has 0 aliphatic rings. The van der Waals surface area contributed by atoms with Crippen LogP contribution in [0.2, 0.25) is 0 Å². The van der Waals surface area contributed by atoms with Crippen LogP contribution in [-0.4, -0.2) is 47.9 Å². The van der Waals surface area contributed by atoms with E-state index in [1.807, 2.05) is 55.0 Å². The molecule has 7 nitrogen and oxygen atoms in total. The van der Waals surface area contributed by atoms with Gasteiger partial charge in [-0.3, -0.25) is 4.79 Å². The number of aryl methyl sites for hydroxylation is 2. The topological polar surface area (TPSA) is 90.4 Å². The van der Waals surface area contributed by atoms with E-state index in [-0.39, 0.29) is 12.2 Å². The summed E-state index contributed by atoms with van der Waals surface area (Å²) in [6.45, 7) is 3.95. The van der Waals surface area contributed by atoms with Crippen molar-refractivity contribution in [2.24, 2.45) is 0 Å². The van der Waals surface area contributed by atoms with Crippen LogP contribution in [0.5, 0.6) is 5.75 Å². The van der Waals surface area contributed by atoms with Crippen LogP contribution in [0.3, 0.4) is 0 Å². The van der Waals surface area contributed by atoms with E-state index in [1.54, 1.807) is 6.92 Å².